The van der Waals surface area contributed by atoms with Crippen LogP contribution >= 0.6 is 27.0 Å². The van der Waals surface area contributed by atoms with Gasteiger partial charge >= 0.3 is 35.0 Å². The topological polar surface area (TPSA) is 3.24 Å². The molecule has 0 saturated heterocycles. The van der Waals surface area contributed by atoms with Crippen LogP contribution in [0.4, 0.5) is 0 Å². The Kier molecular flexibility index (Phi) is 16.8. The van der Waals surface area contributed by atoms with E-state index >= 15 is 0 Å². The second-order valence-corrected chi connectivity index (χ2v) is 10.5. The Hall–Kier alpha value is 1.37. The van der Waals surface area contributed by atoms with Gasteiger partial charge in [0.15, 0.2) is 0 Å². The maximum absolute atomic E-state index is 4.81. The van der Waals surface area contributed by atoms with Crippen LogP contribution in [0.1, 0.15) is 27.7 Å². The molecule has 0 heterocycles. The zero-order valence-corrected chi connectivity index (χ0v) is 15.7. The van der Waals surface area contributed by atoms with Crippen LogP contribution in [0.2, 0.25) is 0 Å². The summed E-state index contributed by atoms with van der Waals surface area (Å²) >= 11 is -0.106. The molecule has 1 nitrogen and oxygen atoms in total. The summed E-state index contributed by atoms with van der Waals surface area (Å²) in [5.74, 6) is 0. The van der Waals surface area contributed by atoms with Crippen molar-refractivity contribution in [3.8, 4) is 0 Å². The third kappa shape index (κ3) is 15.3. The fourth-order valence-electron chi connectivity index (χ4n) is 1.50. The molecular weight excluding hydrogens is 366 g/mol. The van der Waals surface area contributed by atoms with E-state index in [2.05, 4.69) is 58.8 Å². The molecule has 0 aliphatic carbocycles. The SMILES string of the molecule is CC(C)P(CC=CCN(C)C)C(C)C.[Cl][Pd][Cl]. The molecule has 0 bridgehead atoms. The Morgan fingerprint density at radius 1 is 1.06 bits per heavy atom. The molecule has 0 rings (SSSR count). The summed E-state index contributed by atoms with van der Waals surface area (Å²) in [6, 6.07) is 0. The van der Waals surface area contributed by atoms with Crippen molar-refractivity contribution < 1.29 is 15.9 Å². The Bertz CT molecular complexity index is 179. The Labute approximate surface area is 125 Å². The quantitative estimate of drug-likeness (QED) is 0.357. The summed E-state index contributed by atoms with van der Waals surface area (Å²) in [5, 5.41) is 0. The van der Waals surface area contributed by atoms with Crippen LogP contribution in [0.3, 0.4) is 0 Å². The molecule has 0 aromatic carbocycles. The van der Waals surface area contributed by atoms with Crippen molar-refractivity contribution in [1.29, 1.82) is 0 Å². The van der Waals surface area contributed by atoms with Crippen molar-refractivity contribution >= 4 is 27.0 Å². The third-order valence-electron chi connectivity index (χ3n) is 2.28. The van der Waals surface area contributed by atoms with Gasteiger partial charge in [-0.1, -0.05) is 47.8 Å². The summed E-state index contributed by atoms with van der Waals surface area (Å²) in [4.78, 5) is 2.20. The first kappa shape index (κ1) is 20.7. The number of likely N-dealkylation sites (N-methyl/N-ethyl adjacent to an activating group) is 1. The molecule has 17 heavy (non-hydrogen) atoms. The van der Waals surface area contributed by atoms with Crippen molar-refractivity contribution in [1.82, 2.24) is 4.90 Å². The average molecular weight is 393 g/mol. The van der Waals surface area contributed by atoms with Crippen molar-refractivity contribution in [2.24, 2.45) is 0 Å². The van der Waals surface area contributed by atoms with E-state index in [4.69, 9.17) is 19.1 Å². The van der Waals surface area contributed by atoms with E-state index in [0.717, 1.165) is 17.9 Å². The summed E-state index contributed by atoms with van der Waals surface area (Å²) in [7, 11) is 14.0. The predicted octanol–water partition coefficient (Wildman–Crippen LogP) is 4.78. The van der Waals surface area contributed by atoms with Crippen LogP contribution < -0.4 is 0 Å². The normalized spacial score (nSPS) is 12.0. The number of nitrogens with zero attached hydrogens (tertiary/aromatic N) is 1. The maximum atomic E-state index is 4.81. The number of allylic oxidation sites excluding steroid dienone is 1. The van der Waals surface area contributed by atoms with Crippen LogP contribution in [0.5, 0.6) is 0 Å². The zero-order chi connectivity index (χ0) is 13.8. The van der Waals surface area contributed by atoms with Gasteiger partial charge in [-0.3, -0.25) is 0 Å². The molecule has 0 amide bonds. The molecular formula is C12H26Cl2NPPd. The Morgan fingerprint density at radius 2 is 1.47 bits per heavy atom. The standard InChI is InChI=1S/C12H26NP.2ClH.Pd/c1-11(2)14(12(3)4)10-8-7-9-13(5)6;;;/h7-8,11-12H,9-10H2,1-6H3;2*1H;/q;;;+2/p-2. The molecule has 0 atom stereocenters. The van der Waals surface area contributed by atoms with Gasteiger partial charge < -0.3 is 4.90 Å². The van der Waals surface area contributed by atoms with Gasteiger partial charge in [-0.15, -0.1) is 0 Å². The zero-order valence-electron chi connectivity index (χ0n) is 11.7. The van der Waals surface area contributed by atoms with Gasteiger partial charge in [0, 0.05) is 6.54 Å². The summed E-state index contributed by atoms with van der Waals surface area (Å²) in [6.07, 6.45) is 5.95. The molecule has 0 saturated carbocycles. The first-order valence-electron chi connectivity index (χ1n) is 5.74. The summed E-state index contributed by atoms with van der Waals surface area (Å²) in [6.45, 7) is 10.5. The van der Waals surface area contributed by atoms with Crippen LogP contribution in [-0.2, 0) is 15.9 Å². The molecule has 108 valence electrons. The molecule has 0 N–H and O–H groups in total. The minimum absolute atomic E-state index is 0.106. The van der Waals surface area contributed by atoms with E-state index in [1.807, 2.05) is 0 Å². The van der Waals surface area contributed by atoms with Crippen LogP contribution in [0, 0.1) is 0 Å². The summed E-state index contributed by atoms with van der Waals surface area (Å²) in [5.41, 5.74) is 1.71. The first-order valence-corrected chi connectivity index (χ1v) is 11.4. The number of rotatable bonds is 6. The average Bonchev–Trinajstić information content (AvgIpc) is 2.16. The van der Waals surface area contributed by atoms with E-state index in [-0.39, 0.29) is 23.9 Å². The predicted molar refractivity (Wildman–Crippen MR) is 81.5 cm³/mol. The number of halogens is 2. The molecule has 0 spiro atoms. The number of hydrogen-bond donors (Lipinski definition) is 0. The Morgan fingerprint density at radius 3 is 1.76 bits per heavy atom. The van der Waals surface area contributed by atoms with Gasteiger partial charge in [0.1, 0.15) is 0 Å². The fraction of sp³-hybridized carbons (Fsp3) is 0.833. The molecule has 5 heteroatoms. The van der Waals surface area contributed by atoms with Crippen LogP contribution in [0.15, 0.2) is 12.2 Å². The van der Waals surface area contributed by atoms with Gasteiger partial charge in [0.25, 0.3) is 0 Å². The van der Waals surface area contributed by atoms with E-state index in [1.165, 1.54) is 6.16 Å². The molecule has 0 aliphatic rings. The number of hydrogen-bond acceptors (Lipinski definition) is 1. The van der Waals surface area contributed by atoms with Crippen molar-refractivity contribution in [3.63, 3.8) is 0 Å². The van der Waals surface area contributed by atoms with Crippen molar-refractivity contribution in [3.05, 3.63) is 12.2 Å². The molecule has 0 unspecified atom stereocenters. The van der Waals surface area contributed by atoms with Gasteiger partial charge in [0.2, 0.25) is 0 Å². The second kappa shape index (κ2) is 13.8. The fourth-order valence-corrected chi connectivity index (χ4v) is 3.93. The van der Waals surface area contributed by atoms with Gasteiger partial charge in [-0.25, -0.2) is 0 Å². The molecule has 0 aromatic rings. The summed E-state index contributed by atoms with van der Waals surface area (Å²) < 4.78 is 0. The monoisotopic (exact) mass is 391 g/mol. The van der Waals surface area contributed by atoms with E-state index in [0.29, 0.717) is 0 Å². The molecule has 0 aromatic heterocycles. The van der Waals surface area contributed by atoms with E-state index < -0.39 is 0 Å². The molecule has 0 radical (unpaired) electrons. The molecule has 0 fully saturated rings. The van der Waals surface area contributed by atoms with Crippen LogP contribution in [-0.4, -0.2) is 43.0 Å². The van der Waals surface area contributed by atoms with Gasteiger partial charge in [0.05, 0.1) is 0 Å². The second-order valence-electron chi connectivity index (χ2n) is 4.66. The third-order valence-corrected chi connectivity index (χ3v) is 5.57. The molecule has 0 aliphatic heterocycles. The van der Waals surface area contributed by atoms with Crippen molar-refractivity contribution in [2.45, 2.75) is 39.0 Å². The first-order chi connectivity index (χ1) is 7.86. The minimum atomic E-state index is -0.106. The van der Waals surface area contributed by atoms with Crippen LogP contribution in [0.25, 0.3) is 0 Å². The van der Waals surface area contributed by atoms with Gasteiger partial charge in [-0.2, -0.15) is 0 Å². The van der Waals surface area contributed by atoms with E-state index in [1.54, 1.807) is 0 Å². The van der Waals surface area contributed by atoms with Crippen molar-refractivity contribution in [2.75, 3.05) is 26.8 Å². The van der Waals surface area contributed by atoms with E-state index in [9.17, 15) is 0 Å². The Balaban J connectivity index is 0. The van der Waals surface area contributed by atoms with Gasteiger partial charge in [-0.05, 0) is 31.6 Å².